The minimum absolute atomic E-state index is 0.0396. The van der Waals surface area contributed by atoms with Crippen LogP contribution in [0, 0.1) is 20.8 Å². The largest absolute Gasteiger partial charge is 0.503 e. The molecule has 1 atom stereocenters. The molecule has 1 aliphatic heterocycles. The van der Waals surface area contributed by atoms with E-state index in [2.05, 4.69) is 15.2 Å². The number of halogens is 1. The van der Waals surface area contributed by atoms with Gasteiger partial charge in [0.15, 0.2) is 10.1 Å². The number of amides is 1. The number of anilines is 1. The number of Topliss-reactive ketones (excluding diaryl/α,β-unsaturated/α-hetero) is 1. The molecule has 0 bridgehead atoms. The fraction of sp³-hybridized carbons (Fsp3) is 0.208. The predicted molar refractivity (Wildman–Crippen MR) is 146 cm³/mol. The van der Waals surface area contributed by atoms with E-state index in [-0.39, 0.29) is 5.57 Å². The number of hydrogen-bond donors (Lipinski definition) is 1. The molecule has 5 rings (SSSR count). The highest BCUT2D eigenvalue weighted by atomic mass is 35.5. The van der Waals surface area contributed by atoms with Gasteiger partial charge in [-0.05, 0) is 49.4 Å². The average Bonchev–Trinajstić information content (AvgIpc) is 3.61. The van der Waals surface area contributed by atoms with E-state index in [9.17, 15) is 14.7 Å². The van der Waals surface area contributed by atoms with E-state index in [4.69, 9.17) is 11.6 Å². The summed E-state index contributed by atoms with van der Waals surface area (Å²) < 4.78 is 0.646. The summed E-state index contributed by atoms with van der Waals surface area (Å²) in [5.41, 5.74) is 2.49. The molecule has 0 spiro atoms. The highest BCUT2D eigenvalue weighted by molar-refractivity contribution is 8.00. The SMILES string of the molecule is Cc1nc(C)c(C(=O)C2=C(O)C(=O)N(c3nnc(SCc4ccccc4Cl)s3)C2c2sccc2C)s1. The molecule has 4 heterocycles. The minimum Gasteiger partial charge on any atom is -0.503 e. The molecular weight excluding hydrogens is 556 g/mol. The van der Waals surface area contributed by atoms with Crippen molar-refractivity contribution in [1.82, 2.24) is 15.2 Å². The number of rotatable bonds is 7. The van der Waals surface area contributed by atoms with Gasteiger partial charge in [-0.15, -0.1) is 32.9 Å². The third-order valence-corrected chi connectivity index (χ3v) is 10.2. The highest BCUT2D eigenvalue weighted by Gasteiger charge is 2.47. The van der Waals surface area contributed by atoms with Crippen LogP contribution < -0.4 is 4.90 Å². The smallest absolute Gasteiger partial charge is 0.296 e. The second kappa shape index (κ2) is 10.1. The lowest BCUT2D eigenvalue weighted by atomic mass is 9.99. The van der Waals surface area contributed by atoms with Gasteiger partial charge in [-0.2, -0.15) is 0 Å². The van der Waals surface area contributed by atoms with Crippen LogP contribution in [-0.2, 0) is 10.5 Å². The monoisotopic (exact) mass is 574 g/mol. The molecule has 3 aromatic heterocycles. The van der Waals surface area contributed by atoms with Crippen LogP contribution >= 0.6 is 57.4 Å². The number of thiophene rings is 1. The maximum atomic E-state index is 13.7. The fourth-order valence-electron chi connectivity index (χ4n) is 3.92. The van der Waals surface area contributed by atoms with Crippen LogP contribution in [0.5, 0.6) is 0 Å². The molecule has 0 aliphatic carbocycles. The van der Waals surface area contributed by atoms with Crippen LogP contribution in [0.15, 0.2) is 51.4 Å². The van der Waals surface area contributed by atoms with Crippen molar-refractivity contribution in [3.8, 4) is 0 Å². The standard InChI is InChI=1S/C24H19ClN4O3S4/c1-11-8-9-33-20(11)17-16(18(30)21-12(2)26-13(3)35-21)19(31)22(32)29(17)23-27-28-24(36-23)34-10-14-6-4-5-7-15(14)25/h4-9,17,31H,10H2,1-3H3. The van der Waals surface area contributed by atoms with Gasteiger partial charge in [-0.1, -0.05) is 52.9 Å². The molecule has 0 fully saturated rings. The van der Waals surface area contributed by atoms with Crippen LogP contribution in [0.1, 0.15) is 42.4 Å². The summed E-state index contributed by atoms with van der Waals surface area (Å²) in [6.45, 7) is 5.49. The lowest BCUT2D eigenvalue weighted by molar-refractivity contribution is -0.117. The summed E-state index contributed by atoms with van der Waals surface area (Å²) in [6, 6.07) is 8.69. The van der Waals surface area contributed by atoms with Gasteiger partial charge in [-0.25, -0.2) is 4.98 Å². The molecule has 1 unspecified atom stereocenters. The van der Waals surface area contributed by atoms with Gasteiger partial charge in [0.05, 0.1) is 21.2 Å². The fourth-order valence-corrected chi connectivity index (χ4v) is 7.98. The third kappa shape index (κ3) is 4.50. The summed E-state index contributed by atoms with van der Waals surface area (Å²) >= 11 is 11.6. The van der Waals surface area contributed by atoms with Crippen molar-refractivity contribution in [3.05, 3.63) is 83.6 Å². The van der Waals surface area contributed by atoms with Gasteiger partial charge in [0, 0.05) is 15.7 Å². The summed E-state index contributed by atoms with van der Waals surface area (Å²) in [7, 11) is 0. The average molecular weight is 575 g/mol. The topological polar surface area (TPSA) is 96.3 Å². The maximum absolute atomic E-state index is 13.7. The van der Waals surface area contributed by atoms with Crippen LogP contribution in [0.3, 0.4) is 0 Å². The van der Waals surface area contributed by atoms with Crippen LogP contribution in [0.4, 0.5) is 5.13 Å². The van der Waals surface area contributed by atoms with Crippen molar-refractivity contribution in [1.29, 1.82) is 0 Å². The summed E-state index contributed by atoms with van der Waals surface area (Å²) in [6.07, 6.45) is 0. The Kier molecular flexibility index (Phi) is 7.01. The second-order valence-corrected chi connectivity index (χ2v) is 12.8. The van der Waals surface area contributed by atoms with Crippen molar-refractivity contribution in [3.63, 3.8) is 0 Å². The number of aromatic nitrogens is 3. The van der Waals surface area contributed by atoms with Gasteiger partial charge in [-0.3, -0.25) is 14.5 Å². The first-order chi connectivity index (χ1) is 17.3. The number of ketones is 1. The number of hydrogen-bond acceptors (Lipinski definition) is 10. The molecule has 1 aromatic carbocycles. The zero-order valence-electron chi connectivity index (χ0n) is 19.3. The van der Waals surface area contributed by atoms with Gasteiger partial charge < -0.3 is 5.11 Å². The van der Waals surface area contributed by atoms with Gasteiger partial charge in [0.1, 0.15) is 6.04 Å². The normalized spacial score (nSPS) is 15.8. The number of aliphatic hydroxyl groups is 1. The number of nitrogens with zero attached hydrogens (tertiary/aromatic N) is 4. The first kappa shape index (κ1) is 25.1. The Hall–Kier alpha value is -2.57. The maximum Gasteiger partial charge on any atom is 0.296 e. The molecule has 0 radical (unpaired) electrons. The quantitative estimate of drug-likeness (QED) is 0.149. The Morgan fingerprint density at radius 2 is 1.94 bits per heavy atom. The zero-order chi connectivity index (χ0) is 25.6. The third-order valence-electron chi connectivity index (χ3n) is 5.62. The van der Waals surface area contributed by atoms with Gasteiger partial charge in [0.2, 0.25) is 10.9 Å². The van der Waals surface area contributed by atoms with Crippen molar-refractivity contribution in [2.75, 3.05) is 4.90 Å². The molecule has 0 saturated carbocycles. The molecule has 1 aliphatic rings. The predicted octanol–water partition coefficient (Wildman–Crippen LogP) is 6.71. The lowest BCUT2D eigenvalue weighted by Gasteiger charge is -2.23. The van der Waals surface area contributed by atoms with Crippen molar-refractivity contribution < 1.29 is 14.7 Å². The number of thiazole rings is 1. The number of thioether (sulfide) groups is 1. The van der Waals surface area contributed by atoms with Crippen molar-refractivity contribution in [2.45, 2.75) is 36.9 Å². The first-order valence-corrected chi connectivity index (χ1v) is 14.6. The van der Waals surface area contributed by atoms with E-state index >= 15 is 0 Å². The lowest BCUT2D eigenvalue weighted by Crippen LogP contribution is -2.30. The van der Waals surface area contributed by atoms with Crippen LogP contribution in [0.2, 0.25) is 5.02 Å². The molecule has 12 heteroatoms. The van der Waals surface area contributed by atoms with Gasteiger partial charge in [0.25, 0.3) is 5.91 Å². The molecule has 1 N–H and O–H groups in total. The molecule has 0 saturated heterocycles. The van der Waals surface area contributed by atoms with Crippen LogP contribution in [-0.4, -0.2) is 32.0 Å². The highest BCUT2D eigenvalue weighted by Crippen LogP contribution is 2.46. The number of carbonyl (C=O) groups excluding carboxylic acids is 2. The molecule has 1 amide bonds. The van der Waals surface area contributed by atoms with Crippen molar-refractivity contribution >= 4 is 74.2 Å². The van der Waals surface area contributed by atoms with Crippen molar-refractivity contribution in [2.24, 2.45) is 0 Å². The molecular formula is C24H19ClN4O3S4. The van der Waals surface area contributed by atoms with E-state index in [0.717, 1.165) is 21.0 Å². The number of benzene rings is 1. The minimum atomic E-state index is -0.804. The molecule has 36 heavy (non-hydrogen) atoms. The second-order valence-electron chi connectivity index (χ2n) is 8.02. The molecule has 4 aromatic rings. The van der Waals surface area contributed by atoms with E-state index in [0.29, 0.717) is 30.8 Å². The Bertz CT molecular complexity index is 1520. The Morgan fingerprint density at radius 1 is 1.17 bits per heavy atom. The molecule has 7 nitrogen and oxygen atoms in total. The number of aryl methyl sites for hydroxylation is 3. The first-order valence-electron chi connectivity index (χ1n) is 10.8. The van der Waals surface area contributed by atoms with E-state index < -0.39 is 23.5 Å². The van der Waals surface area contributed by atoms with Crippen LogP contribution in [0.25, 0.3) is 0 Å². The summed E-state index contributed by atoms with van der Waals surface area (Å²) in [4.78, 5) is 33.9. The number of aliphatic hydroxyl groups excluding tert-OH is 1. The summed E-state index contributed by atoms with van der Waals surface area (Å²) in [5.74, 6) is -1.05. The van der Waals surface area contributed by atoms with E-state index in [1.807, 2.05) is 49.6 Å². The van der Waals surface area contributed by atoms with Gasteiger partial charge >= 0.3 is 0 Å². The van der Waals surface area contributed by atoms with E-state index in [1.54, 1.807) is 6.92 Å². The van der Waals surface area contributed by atoms with E-state index in [1.165, 1.54) is 50.7 Å². The summed E-state index contributed by atoms with van der Waals surface area (Å²) in [5, 5.41) is 23.1. The Morgan fingerprint density at radius 3 is 2.61 bits per heavy atom. The Balaban J connectivity index is 1.51. The zero-order valence-corrected chi connectivity index (χ0v) is 23.3. The molecule has 184 valence electrons. The number of carbonyl (C=O) groups is 2. The Labute approximate surface area is 228 Å².